The molecule has 2 nitrogen and oxygen atoms in total. The molecule has 0 aliphatic carbocycles. The fraction of sp³-hybridized carbons (Fsp3) is 0.154. The Bertz CT molecular complexity index is 494. The zero-order valence-electron chi connectivity index (χ0n) is 10.6. The predicted octanol–water partition coefficient (Wildman–Crippen LogP) is -0.328. The van der Waals surface area contributed by atoms with Gasteiger partial charge in [0.05, 0.1) is 13.5 Å². The van der Waals surface area contributed by atoms with E-state index in [1.54, 1.807) is 0 Å². The summed E-state index contributed by atoms with van der Waals surface area (Å²) in [6.07, 6.45) is 0.331. The minimum absolute atomic E-state index is 0. The standard InChI is InChI=1S/C13H12O2.K.H/c1-15-13(14)9-11-7-4-6-10-5-2-3-8-12(10)11;;/h2-8H,9H2,1H3;;/q;+1;-1. The van der Waals surface area contributed by atoms with Gasteiger partial charge in [0.15, 0.2) is 0 Å². The van der Waals surface area contributed by atoms with Crippen molar-refractivity contribution in [3.05, 3.63) is 48.0 Å². The maximum Gasteiger partial charge on any atom is 1.00 e. The van der Waals surface area contributed by atoms with Gasteiger partial charge in [-0.15, -0.1) is 0 Å². The van der Waals surface area contributed by atoms with Gasteiger partial charge in [-0.05, 0) is 16.3 Å². The smallest absolute Gasteiger partial charge is 1.00 e. The number of hydrogen-bond donors (Lipinski definition) is 0. The molecule has 0 aromatic heterocycles. The molecule has 0 aliphatic heterocycles. The molecule has 16 heavy (non-hydrogen) atoms. The van der Waals surface area contributed by atoms with Gasteiger partial charge in [0.2, 0.25) is 0 Å². The molecule has 0 N–H and O–H groups in total. The van der Waals surface area contributed by atoms with Crippen LogP contribution in [0.3, 0.4) is 0 Å². The number of rotatable bonds is 2. The summed E-state index contributed by atoms with van der Waals surface area (Å²) in [5, 5.41) is 2.27. The van der Waals surface area contributed by atoms with Gasteiger partial charge < -0.3 is 6.16 Å². The molecule has 2 aromatic rings. The average molecular weight is 240 g/mol. The van der Waals surface area contributed by atoms with E-state index in [0.717, 1.165) is 16.3 Å². The first-order valence-electron chi connectivity index (χ1n) is 4.84. The number of fused-ring (bicyclic) bond motifs is 1. The van der Waals surface area contributed by atoms with E-state index in [1.807, 2.05) is 42.5 Å². The SMILES string of the molecule is COC(=O)Cc1cccc2ccccc12.[H-].[K+]. The van der Waals surface area contributed by atoms with E-state index < -0.39 is 0 Å². The van der Waals surface area contributed by atoms with Crippen molar-refractivity contribution < 1.29 is 62.3 Å². The fourth-order valence-corrected chi connectivity index (χ4v) is 1.67. The van der Waals surface area contributed by atoms with Crippen molar-refractivity contribution >= 4 is 16.7 Å². The largest absolute Gasteiger partial charge is 1.00 e. The van der Waals surface area contributed by atoms with Crippen molar-refractivity contribution in [2.45, 2.75) is 6.42 Å². The molecule has 0 fully saturated rings. The zero-order valence-corrected chi connectivity index (χ0v) is 12.7. The van der Waals surface area contributed by atoms with Crippen molar-refractivity contribution in [3.8, 4) is 0 Å². The number of carbonyl (C=O) groups is 1. The van der Waals surface area contributed by atoms with Crippen LogP contribution < -0.4 is 51.4 Å². The van der Waals surface area contributed by atoms with Gasteiger partial charge in [-0.1, -0.05) is 42.5 Å². The van der Waals surface area contributed by atoms with E-state index in [1.165, 1.54) is 7.11 Å². The number of ether oxygens (including phenoxy) is 1. The molecule has 0 atom stereocenters. The first-order chi connectivity index (χ1) is 7.31. The van der Waals surface area contributed by atoms with Crippen LogP contribution in [0.1, 0.15) is 6.99 Å². The minimum atomic E-state index is -0.202. The summed E-state index contributed by atoms with van der Waals surface area (Å²) in [6.45, 7) is 0. The van der Waals surface area contributed by atoms with Crippen LogP contribution in [0.2, 0.25) is 0 Å². The molecule has 0 radical (unpaired) electrons. The molecule has 3 heteroatoms. The van der Waals surface area contributed by atoms with Crippen LogP contribution >= 0.6 is 0 Å². The van der Waals surface area contributed by atoms with E-state index in [0.29, 0.717) is 6.42 Å². The number of hydrogen-bond acceptors (Lipinski definition) is 2. The van der Waals surface area contributed by atoms with Crippen molar-refractivity contribution in [1.29, 1.82) is 0 Å². The van der Waals surface area contributed by atoms with E-state index in [9.17, 15) is 4.79 Å². The monoisotopic (exact) mass is 240 g/mol. The predicted molar refractivity (Wildman–Crippen MR) is 60.8 cm³/mol. The molecule has 0 bridgehead atoms. The van der Waals surface area contributed by atoms with Crippen molar-refractivity contribution in [2.75, 3.05) is 7.11 Å². The van der Waals surface area contributed by atoms with Gasteiger partial charge >= 0.3 is 57.4 Å². The topological polar surface area (TPSA) is 26.3 Å². The molecule has 0 unspecified atom stereocenters. The Morgan fingerprint density at radius 3 is 2.62 bits per heavy atom. The van der Waals surface area contributed by atoms with Gasteiger partial charge in [-0.3, -0.25) is 4.79 Å². The number of methoxy groups -OCH3 is 1. The van der Waals surface area contributed by atoms with Crippen molar-refractivity contribution in [2.24, 2.45) is 0 Å². The van der Waals surface area contributed by atoms with Crippen LogP contribution in [0.15, 0.2) is 42.5 Å². The molecule has 2 rings (SSSR count). The number of benzene rings is 2. The van der Waals surface area contributed by atoms with Gasteiger partial charge in [0.1, 0.15) is 0 Å². The second-order valence-corrected chi connectivity index (χ2v) is 3.39. The molecule has 0 spiro atoms. The maximum atomic E-state index is 11.2. The Morgan fingerprint density at radius 2 is 1.88 bits per heavy atom. The van der Waals surface area contributed by atoms with Crippen LogP contribution in [-0.2, 0) is 16.0 Å². The molecule has 0 aliphatic rings. The normalized spacial score (nSPS) is 9.56. The Hall–Kier alpha value is -0.194. The summed E-state index contributed by atoms with van der Waals surface area (Å²) in [4.78, 5) is 11.2. The second kappa shape index (κ2) is 6.52. The van der Waals surface area contributed by atoms with Crippen molar-refractivity contribution in [1.82, 2.24) is 0 Å². The molecule has 0 saturated heterocycles. The van der Waals surface area contributed by atoms with Gasteiger partial charge in [-0.25, -0.2) is 0 Å². The molecular weight excluding hydrogens is 227 g/mol. The quantitative estimate of drug-likeness (QED) is 0.531. The first kappa shape index (κ1) is 13.9. The maximum absolute atomic E-state index is 11.2. The third kappa shape index (κ3) is 3.15. The molecule has 0 saturated carbocycles. The van der Waals surface area contributed by atoms with E-state index in [-0.39, 0.29) is 58.8 Å². The molecule has 78 valence electrons. The Morgan fingerprint density at radius 1 is 1.19 bits per heavy atom. The van der Waals surface area contributed by atoms with Crippen LogP contribution in [0.4, 0.5) is 0 Å². The van der Waals surface area contributed by atoms with E-state index in [2.05, 4.69) is 4.74 Å². The van der Waals surface area contributed by atoms with Gasteiger partial charge in [0, 0.05) is 0 Å². The Kier molecular flexibility index (Phi) is 5.65. The Labute approximate surface area is 139 Å². The third-order valence-electron chi connectivity index (χ3n) is 2.44. The van der Waals surface area contributed by atoms with E-state index >= 15 is 0 Å². The molecular formula is C13H13KO2. The van der Waals surface area contributed by atoms with Crippen LogP contribution in [0.25, 0.3) is 10.8 Å². The molecule has 0 amide bonds. The van der Waals surface area contributed by atoms with Crippen molar-refractivity contribution in [3.63, 3.8) is 0 Å². The average Bonchev–Trinajstić information content (AvgIpc) is 2.29. The van der Waals surface area contributed by atoms with Gasteiger partial charge in [0.25, 0.3) is 0 Å². The van der Waals surface area contributed by atoms with Crippen LogP contribution in [-0.4, -0.2) is 13.1 Å². The summed E-state index contributed by atoms with van der Waals surface area (Å²) in [5.41, 5.74) is 1.01. The Balaban J connectivity index is 0.00000128. The van der Waals surface area contributed by atoms with Gasteiger partial charge in [-0.2, -0.15) is 0 Å². The summed E-state index contributed by atoms with van der Waals surface area (Å²) < 4.78 is 4.66. The zero-order chi connectivity index (χ0) is 10.7. The summed E-state index contributed by atoms with van der Waals surface area (Å²) in [6, 6.07) is 14.0. The summed E-state index contributed by atoms with van der Waals surface area (Å²) in [5.74, 6) is -0.202. The molecule has 0 heterocycles. The first-order valence-corrected chi connectivity index (χ1v) is 4.84. The molecule has 2 aromatic carbocycles. The van der Waals surface area contributed by atoms with Crippen LogP contribution in [0.5, 0.6) is 0 Å². The minimum Gasteiger partial charge on any atom is -1.00 e. The number of carbonyl (C=O) groups excluding carboxylic acids is 1. The second-order valence-electron chi connectivity index (χ2n) is 3.39. The fourth-order valence-electron chi connectivity index (χ4n) is 1.67. The van der Waals surface area contributed by atoms with E-state index in [4.69, 9.17) is 0 Å². The van der Waals surface area contributed by atoms with Crippen LogP contribution in [0, 0.1) is 0 Å². The third-order valence-corrected chi connectivity index (χ3v) is 2.44. The number of esters is 1. The summed E-state index contributed by atoms with van der Waals surface area (Å²) >= 11 is 0. The summed E-state index contributed by atoms with van der Waals surface area (Å²) in [7, 11) is 1.41.